The minimum atomic E-state index is -0.524. The first-order valence-corrected chi connectivity index (χ1v) is 8.28. The van der Waals surface area contributed by atoms with Crippen LogP contribution < -0.4 is 5.48 Å². The summed E-state index contributed by atoms with van der Waals surface area (Å²) in [6.45, 7) is 1.91. The molecule has 0 aliphatic carbocycles. The van der Waals surface area contributed by atoms with Gasteiger partial charge in [0.15, 0.2) is 0 Å². The van der Waals surface area contributed by atoms with Gasteiger partial charge in [-0.1, -0.05) is 35.3 Å². The van der Waals surface area contributed by atoms with Crippen molar-refractivity contribution in [1.82, 2.24) is 5.48 Å². The minimum absolute atomic E-state index is 0.0175. The van der Waals surface area contributed by atoms with Crippen LogP contribution in [0.1, 0.15) is 25.3 Å². The van der Waals surface area contributed by atoms with Crippen LogP contribution in [0.2, 0.25) is 10.0 Å². The van der Waals surface area contributed by atoms with Crippen molar-refractivity contribution in [3.05, 3.63) is 51.2 Å². The zero-order chi connectivity index (χ0) is 16.6. The number of hydroxylamine groups is 1. The molecule has 1 saturated heterocycles. The van der Waals surface area contributed by atoms with E-state index in [-0.39, 0.29) is 12.2 Å². The zero-order valence-corrected chi connectivity index (χ0v) is 14.5. The van der Waals surface area contributed by atoms with Gasteiger partial charge in [-0.05, 0) is 36.6 Å². The maximum atomic E-state index is 10.3. The first-order valence-electron chi connectivity index (χ1n) is 7.52. The topological polar surface area (TPSA) is 50.7 Å². The van der Waals surface area contributed by atoms with E-state index in [0.717, 1.165) is 22.4 Å². The fourth-order valence-corrected chi connectivity index (χ4v) is 3.60. The lowest BCUT2D eigenvalue weighted by atomic mass is 9.90. The molecule has 2 heterocycles. The minimum Gasteiger partial charge on any atom is -0.390 e. The van der Waals surface area contributed by atoms with E-state index in [4.69, 9.17) is 32.8 Å². The summed E-state index contributed by atoms with van der Waals surface area (Å²) in [7, 11) is 1.56. The molecule has 0 saturated carbocycles. The third-order valence-corrected chi connectivity index (χ3v) is 5.03. The molecule has 2 aliphatic rings. The molecule has 6 heteroatoms. The van der Waals surface area contributed by atoms with E-state index >= 15 is 0 Å². The molecule has 3 atom stereocenters. The number of halogens is 2. The zero-order valence-electron chi connectivity index (χ0n) is 13.0. The molecule has 2 unspecified atom stereocenters. The van der Waals surface area contributed by atoms with Crippen LogP contribution in [-0.2, 0) is 9.57 Å². The number of nitrogens with one attached hydrogen (secondary N) is 1. The van der Waals surface area contributed by atoms with Crippen LogP contribution in [0.15, 0.2) is 35.5 Å². The highest BCUT2D eigenvalue weighted by atomic mass is 35.5. The van der Waals surface area contributed by atoms with E-state index in [0.29, 0.717) is 22.9 Å². The van der Waals surface area contributed by atoms with E-state index in [1.165, 1.54) is 0 Å². The van der Waals surface area contributed by atoms with Crippen molar-refractivity contribution in [2.45, 2.75) is 38.1 Å². The molecule has 1 fully saturated rings. The van der Waals surface area contributed by atoms with Crippen LogP contribution in [0.3, 0.4) is 0 Å². The van der Waals surface area contributed by atoms with Crippen LogP contribution in [0.4, 0.5) is 0 Å². The second-order valence-corrected chi connectivity index (χ2v) is 6.53. The van der Waals surface area contributed by atoms with Gasteiger partial charge in [-0.25, -0.2) is 0 Å². The second-order valence-electron chi connectivity index (χ2n) is 5.72. The maximum Gasteiger partial charge on any atom is 0.111 e. The summed E-state index contributed by atoms with van der Waals surface area (Å²) in [6.07, 6.45) is 2.37. The van der Waals surface area contributed by atoms with E-state index in [1.807, 2.05) is 25.1 Å². The fraction of sp³-hybridized carbons (Fsp3) is 0.412. The largest absolute Gasteiger partial charge is 0.390 e. The summed E-state index contributed by atoms with van der Waals surface area (Å²) >= 11 is 12.2. The normalized spacial score (nSPS) is 27.5. The molecule has 23 heavy (non-hydrogen) atoms. The Kier molecular flexibility index (Phi) is 4.99. The Bertz CT molecular complexity index is 672. The highest BCUT2D eigenvalue weighted by Crippen LogP contribution is 2.44. The Morgan fingerprint density at radius 3 is 2.83 bits per heavy atom. The Balaban J connectivity index is 2.14. The maximum absolute atomic E-state index is 10.3. The van der Waals surface area contributed by atoms with Crippen molar-refractivity contribution in [2.75, 3.05) is 7.11 Å². The van der Waals surface area contributed by atoms with Crippen LogP contribution in [0.5, 0.6) is 0 Å². The molecule has 0 aromatic heterocycles. The Labute approximate surface area is 145 Å². The van der Waals surface area contributed by atoms with Gasteiger partial charge in [0.25, 0.3) is 0 Å². The van der Waals surface area contributed by atoms with E-state index < -0.39 is 6.10 Å². The second kappa shape index (κ2) is 6.83. The monoisotopic (exact) mass is 355 g/mol. The van der Waals surface area contributed by atoms with Crippen molar-refractivity contribution >= 4 is 28.8 Å². The first kappa shape index (κ1) is 16.8. The van der Waals surface area contributed by atoms with Gasteiger partial charge >= 0.3 is 0 Å². The Hall–Kier alpha value is -1.04. The third kappa shape index (κ3) is 3.14. The molecule has 2 N–H and O–H groups in total. The first-order chi connectivity index (χ1) is 11.0. The molecule has 0 radical (unpaired) electrons. The predicted octanol–water partition coefficient (Wildman–Crippen LogP) is 3.72. The van der Waals surface area contributed by atoms with Gasteiger partial charge in [0.1, 0.15) is 6.10 Å². The molecule has 124 valence electrons. The van der Waals surface area contributed by atoms with Crippen molar-refractivity contribution in [3.8, 4) is 0 Å². The number of benzene rings is 1. The molecule has 4 nitrogen and oxygen atoms in total. The molecule has 1 aromatic rings. The van der Waals surface area contributed by atoms with Crippen LogP contribution >= 0.6 is 23.2 Å². The smallest absolute Gasteiger partial charge is 0.111 e. The van der Waals surface area contributed by atoms with Crippen LogP contribution in [0.25, 0.3) is 5.57 Å². The summed E-state index contributed by atoms with van der Waals surface area (Å²) in [5.74, 6) is 0. The average Bonchev–Trinajstić information content (AvgIpc) is 2.83. The van der Waals surface area contributed by atoms with Gasteiger partial charge in [0.2, 0.25) is 0 Å². The number of ether oxygens (including phenoxy) is 1. The quantitative estimate of drug-likeness (QED) is 0.808. The molecule has 3 rings (SSSR count). The van der Waals surface area contributed by atoms with E-state index in [2.05, 4.69) is 5.48 Å². The third-order valence-electron chi connectivity index (χ3n) is 4.29. The summed E-state index contributed by atoms with van der Waals surface area (Å²) in [4.78, 5) is 5.08. The van der Waals surface area contributed by atoms with Crippen molar-refractivity contribution < 1.29 is 14.7 Å². The van der Waals surface area contributed by atoms with Gasteiger partial charge in [0, 0.05) is 12.0 Å². The van der Waals surface area contributed by atoms with Crippen molar-refractivity contribution in [2.24, 2.45) is 0 Å². The van der Waals surface area contributed by atoms with Crippen LogP contribution in [-0.4, -0.2) is 30.5 Å². The molecule has 2 aliphatic heterocycles. The molecule has 1 aromatic carbocycles. The lowest BCUT2D eigenvalue weighted by Gasteiger charge is -2.29. The molecule has 0 spiro atoms. The average molecular weight is 356 g/mol. The lowest BCUT2D eigenvalue weighted by molar-refractivity contribution is 0.0253. The molecular formula is C17H19Cl2NO3. The van der Waals surface area contributed by atoms with Gasteiger partial charge < -0.3 is 9.84 Å². The van der Waals surface area contributed by atoms with Crippen molar-refractivity contribution in [3.63, 3.8) is 0 Å². The highest BCUT2D eigenvalue weighted by molar-refractivity contribution is 6.42. The number of hydrogen-bond acceptors (Lipinski definition) is 4. The SMILES string of the molecule is CC=C(NOC)C1=C(c2ccc(Cl)c(Cl)c2)CC2CC(O)[C@H]1O2. The highest BCUT2D eigenvalue weighted by Gasteiger charge is 2.43. The fourth-order valence-electron chi connectivity index (χ4n) is 3.30. The number of allylic oxidation sites excluding steroid dienone is 1. The molecule has 2 bridgehead atoms. The molecule has 0 amide bonds. The van der Waals surface area contributed by atoms with Crippen LogP contribution in [0, 0.1) is 0 Å². The molecular weight excluding hydrogens is 337 g/mol. The number of hydrogen-bond donors (Lipinski definition) is 2. The van der Waals surface area contributed by atoms with Gasteiger partial charge in [-0.3, -0.25) is 10.3 Å². The van der Waals surface area contributed by atoms with E-state index in [1.54, 1.807) is 13.2 Å². The summed E-state index contributed by atoms with van der Waals surface area (Å²) in [5, 5.41) is 11.4. The number of aliphatic hydroxyl groups is 1. The van der Waals surface area contributed by atoms with Gasteiger partial charge in [0.05, 0.1) is 35.1 Å². The number of rotatable bonds is 4. The van der Waals surface area contributed by atoms with E-state index in [9.17, 15) is 5.11 Å². The van der Waals surface area contributed by atoms with Gasteiger partial charge in [-0.2, -0.15) is 0 Å². The van der Waals surface area contributed by atoms with Crippen molar-refractivity contribution in [1.29, 1.82) is 0 Å². The summed E-state index contributed by atoms with van der Waals surface area (Å²) < 4.78 is 5.95. The summed E-state index contributed by atoms with van der Waals surface area (Å²) in [6, 6.07) is 5.59. The standard InChI is InChI=1S/C17H19Cl2NO3/c1-3-14(20-22-2)16-11(7-10-8-15(21)17(16)23-10)9-4-5-12(18)13(19)6-9/h3-6,10,15,17,20-21H,7-8H2,1-2H3/t10?,15?,17-/m1/s1. The number of fused-ring (bicyclic) bond motifs is 2. The predicted molar refractivity (Wildman–Crippen MR) is 91.2 cm³/mol. The Morgan fingerprint density at radius 1 is 1.39 bits per heavy atom. The Morgan fingerprint density at radius 2 is 2.17 bits per heavy atom. The number of aliphatic hydroxyl groups excluding tert-OH is 1. The summed E-state index contributed by atoms with van der Waals surface area (Å²) in [5.41, 5.74) is 6.67. The lowest BCUT2D eigenvalue weighted by Crippen LogP contribution is -2.31. The van der Waals surface area contributed by atoms with Gasteiger partial charge in [-0.15, -0.1) is 0 Å².